The molecule has 0 fully saturated rings. The molecule has 0 saturated carbocycles. The van der Waals surface area contributed by atoms with Crippen molar-refractivity contribution in [3.8, 4) is 5.88 Å². The van der Waals surface area contributed by atoms with Gasteiger partial charge in [-0.05, 0) is 34.5 Å². The maximum atomic E-state index is 11.7. The maximum absolute atomic E-state index is 11.7. The average molecular weight is 403 g/mol. The lowest BCUT2D eigenvalue weighted by atomic mass is 10.1. The first-order valence-corrected chi connectivity index (χ1v) is 8.61. The van der Waals surface area contributed by atoms with Crippen LogP contribution in [0.2, 0.25) is 0 Å². The zero-order valence-electron chi connectivity index (χ0n) is 13.4. The van der Waals surface area contributed by atoms with Crippen LogP contribution >= 0.6 is 15.9 Å². The maximum Gasteiger partial charge on any atom is 0.337 e. The second kappa shape index (κ2) is 7.06. The number of aromatic hydroxyl groups is 1. The number of nitroso groups, excluding NO2 is 1. The molecular formula is C18H15BrN2O4. The molecule has 25 heavy (non-hydrogen) atoms. The number of ether oxygens (including phenoxy) is 1. The molecule has 0 aliphatic rings. The van der Waals surface area contributed by atoms with Crippen LogP contribution in [0, 0.1) is 4.91 Å². The van der Waals surface area contributed by atoms with Gasteiger partial charge in [0.15, 0.2) is 5.69 Å². The highest BCUT2D eigenvalue weighted by Crippen LogP contribution is 2.39. The normalized spacial score (nSPS) is 10.8. The summed E-state index contributed by atoms with van der Waals surface area (Å²) in [4.78, 5) is 22.8. The molecule has 2 aromatic carbocycles. The fourth-order valence-corrected chi connectivity index (χ4v) is 3.14. The highest BCUT2D eigenvalue weighted by atomic mass is 79.9. The topological polar surface area (TPSA) is 80.9 Å². The van der Waals surface area contributed by atoms with Crippen molar-refractivity contribution in [2.45, 2.75) is 11.9 Å². The van der Waals surface area contributed by atoms with Gasteiger partial charge in [-0.15, -0.1) is 4.91 Å². The average Bonchev–Trinajstić information content (AvgIpc) is 2.91. The van der Waals surface area contributed by atoms with Crippen LogP contribution in [-0.4, -0.2) is 22.8 Å². The smallest absolute Gasteiger partial charge is 0.337 e. The number of nitrogens with zero attached hydrogens (tertiary/aromatic N) is 2. The van der Waals surface area contributed by atoms with E-state index >= 15 is 0 Å². The number of benzene rings is 2. The second-order valence-electron chi connectivity index (χ2n) is 5.53. The molecule has 1 aromatic heterocycles. The van der Waals surface area contributed by atoms with Crippen LogP contribution in [0.25, 0.3) is 10.9 Å². The molecule has 7 heteroatoms. The van der Waals surface area contributed by atoms with Crippen molar-refractivity contribution in [3.63, 3.8) is 0 Å². The molecule has 0 aliphatic carbocycles. The van der Waals surface area contributed by atoms with Crippen molar-refractivity contribution in [1.82, 2.24) is 4.57 Å². The predicted molar refractivity (Wildman–Crippen MR) is 98.6 cm³/mol. The molecule has 0 radical (unpaired) electrons. The lowest BCUT2D eigenvalue weighted by Crippen LogP contribution is -2.04. The van der Waals surface area contributed by atoms with Gasteiger partial charge in [-0.1, -0.05) is 40.2 Å². The van der Waals surface area contributed by atoms with Gasteiger partial charge in [0.2, 0.25) is 5.88 Å². The van der Waals surface area contributed by atoms with Crippen LogP contribution in [0.3, 0.4) is 0 Å². The van der Waals surface area contributed by atoms with E-state index in [1.54, 1.807) is 28.8 Å². The van der Waals surface area contributed by atoms with Gasteiger partial charge in [0, 0.05) is 10.7 Å². The Morgan fingerprint density at radius 1 is 1.24 bits per heavy atom. The zero-order chi connectivity index (χ0) is 18.0. The molecule has 0 amide bonds. The first kappa shape index (κ1) is 17.2. The standard InChI is InChI=1S/C18H15BrN2O4/c1-25-18(23)13-4-2-3-12(7-13)10-21-15-8-11(9-19)5-6-14(15)16(20-24)17(21)22/h2-8,22H,9-10H2,1H3. The molecule has 0 unspecified atom stereocenters. The number of hydrogen-bond acceptors (Lipinski definition) is 5. The summed E-state index contributed by atoms with van der Waals surface area (Å²) in [6.45, 7) is 0.286. The van der Waals surface area contributed by atoms with E-state index in [0.29, 0.717) is 21.8 Å². The van der Waals surface area contributed by atoms with Crippen LogP contribution < -0.4 is 0 Å². The Kier molecular flexibility index (Phi) is 4.85. The number of aromatic nitrogens is 1. The Hall–Kier alpha value is -2.67. The molecule has 0 spiro atoms. The monoisotopic (exact) mass is 402 g/mol. The minimum Gasteiger partial charge on any atom is -0.493 e. The third-order valence-corrected chi connectivity index (χ3v) is 4.66. The second-order valence-corrected chi connectivity index (χ2v) is 6.09. The summed E-state index contributed by atoms with van der Waals surface area (Å²) in [5, 5.41) is 14.6. The zero-order valence-corrected chi connectivity index (χ0v) is 15.0. The molecule has 0 atom stereocenters. The largest absolute Gasteiger partial charge is 0.493 e. The SMILES string of the molecule is COC(=O)c1cccc(Cn2c(O)c(N=O)c3ccc(CBr)cc32)c1. The van der Waals surface area contributed by atoms with E-state index in [1.807, 2.05) is 18.2 Å². The lowest BCUT2D eigenvalue weighted by molar-refractivity contribution is 0.0600. The third-order valence-electron chi connectivity index (χ3n) is 4.01. The molecule has 6 nitrogen and oxygen atoms in total. The Morgan fingerprint density at radius 2 is 2.04 bits per heavy atom. The van der Waals surface area contributed by atoms with Crippen molar-refractivity contribution in [2.75, 3.05) is 7.11 Å². The van der Waals surface area contributed by atoms with Crippen molar-refractivity contribution >= 4 is 38.5 Å². The molecule has 3 aromatic rings. The summed E-state index contributed by atoms with van der Waals surface area (Å²) in [6, 6.07) is 12.5. The Balaban J connectivity index is 2.11. The number of fused-ring (bicyclic) bond motifs is 1. The third kappa shape index (κ3) is 3.15. The fourth-order valence-electron chi connectivity index (χ4n) is 2.79. The summed E-state index contributed by atoms with van der Waals surface area (Å²) in [5.41, 5.74) is 2.93. The van der Waals surface area contributed by atoms with Crippen LogP contribution in [-0.2, 0) is 16.6 Å². The number of esters is 1. The fraction of sp³-hybridized carbons (Fsp3) is 0.167. The van der Waals surface area contributed by atoms with Crippen LogP contribution in [0.15, 0.2) is 47.6 Å². The summed E-state index contributed by atoms with van der Waals surface area (Å²) in [7, 11) is 1.32. The first-order valence-electron chi connectivity index (χ1n) is 7.49. The quantitative estimate of drug-likeness (QED) is 0.387. The molecule has 3 rings (SSSR count). The number of carbonyl (C=O) groups is 1. The summed E-state index contributed by atoms with van der Waals surface area (Å²) in [5.74, 6) is -0.625. The Labute approximate surface area is 152 Å². The number of carbonyl (C=O) groups excluding carboxylic acids is 1. The van der Waals surface area contributed by atoms with Crippen LogP contribution in [0.4, 0.5) is 5.69 Å². The van der Waals surface area contributed by atoms with Crippen molar-refractivity contribution in [1.29, 1.82) is 0 Å². The molecule has 1 heterocycles. The van der Waals surface area contributed by atoms with Gasteiger partial charge in [-0.2, -0.15) is 0 Å². The van der Waals surface area contributed by atoms with Gasteiger partial charge < -0.3 is 14.4 Å². The number of rotatable bonds is 5. The first-order chi connectivity index (χ1) is 12.1. The minimum absolute atomic E-state index is 0.0141. The van der Waals surface area contributed by atoms with Gasteiger partial charge in [-0.25, -0.2) is 4.79 Å². The van der Waals surface area contributed by atoms with E-state index in [9.17, 15) is 14.8 Å². The highest BCUT2D eigenvalue weighted by molar-refractivity contribution is 9.08. The van der Waals surface area contributed by atoms with Gasteiger partial charge in [-0.3, -0.25) is 0 Å². The van der Waals surface area contributed by atoms with Gasteiger partial charge in [0.05, 0.1) is 24.7 Å². The van der Waals surface area contributed by atoms with E-state index in [-0.39, 0.29) is 18.1 Å². The molecule has 0 aliphatic heterocycles. The summed E-state index contributed by atoms with van der Waals surface area (Å²) >= 11 is 3.40. The van der Waals surface area contributed by atoms with Crippen LogP contribution in [0.5, 0.6) is 5.88 Å². The van der Waals surface area contributed by atoms with Crippen LogP contribution in [0.1, 0.15) is 21.5 Å². The number of halogens is 1. The van der Waals surface area contributed by atoms with Gasteiger partial charge >= 0.3 is 5.97 Å². The molecule has 0 saturated heterocycles. The summed E-state index contributed by atoms with van der Waals surface area (Å²) < 4.78 is 6.34. The minimum atomic E-state index is -0.430. The molecule has 0 bridgehead atoms. The van der Waals surface area contributed by atoms with E-state index in [1.165, 1.54) is 7.11 Å². The van der Waals surface area contributed by atoms with Gasteiger partial charge in [0.25, 0.3) is 0 Å². The molecular weight excluding hydrogens is 388 g/mol. The van der Waals surface area contributed by atoms with Crippen molar-refractivity contribution < 1.29 is 14.6 Å². The van der Waals surface area contributed by atoms with E-state index in [0.717, 1.165) is 11.1 Å². The predicted octanol–water partition coefficient (Wildman–Crippen LogP) is 4.47. The van der Waals surface area contributed by atoms with E-state index in [2.05, 4.69) is 21.1 Å². The highest BCUT2D eigenvalue weighted by Gasteiger charge is 2.18. The van der Waals surface area contributed by atoms with Crippen molar-refractivity contribution in [2.24, 2.45) is 5.18 Å². The van der Waals surface area contributed by atoms with E-state index < -0.39 is 5.97 Å². The Morgan fingerprint density at radius 3 is 2.72 bits per heavy atom. The summed E-state index contributed by atoms with van der Waals surface area (Å²) in [6.07, 6.45) is 0. The number of alkyl halides is 1. The number of hydrogen-bond donors (Lipinski definition) is 1. The molecule has 128 valence electrons. The Bertz CT molecular complexity index is 965. The number of methoxy groups -OCH3 is 1. The van der Waals surface area contributed by atoms with Gasteiger partial charge in [0.1, 0.15) is 0 Å². The van der Waals surface area contributed by atoms with Crippen molar-refractivity contribution in [3.05, 3.63) is 64.1 Å². The molecule has 1 N–H and O–H groups in total. The lowest BCUT2D eigenvalue weighted by Gasteiger charge is -2.09. The van der Waals surface area contributed by atoms with E-state index in [4.69, 9.17) is 4.74 Å².